The van der Waals surface area contributed by atoms with Crippen molar-refractivity contribution in [1.29, 1.82) is 0 Å². The van der Waals surface area contributed by atoms with Crippen molar-refractivity contribution in [2.24, 2.45) is 11.7 Å². The van der Waals surface area contributed by atoms with Crippen molar-refractivity contribution < 1.29 is 0 Å². The Hall–Kier alpha value is -0.0800. The van der Waals surface area contributed by atoms with Crippen LogP contribution in [0.5, 0.6) is 0 Å². The average molecular weight is 184 g/mol. The molecule has 0 aliphatic carbocycles. The Bertz CT molecular complexity index is 126. The molecule has 78 valence electrons. The molecule has 0 bridgehead atoms. The minimum absolute atomic E-state index is 0.365. The molecule has 13 heavy (non-hydrogen) atoms. The first-order chi connectivity index (χ1) is 6.22. The van der Waals surface area contributed by atoms with Crippen LogP contribution in [0.2, 0.25) is 0 Å². The van der Waals surface area contributed by atoms with Gasteiger partial charge in [0.2, 0.25) is 0 Å². The number of nitrogens with zero attached hydrogens (tertiary/aromatic N) is 1. The van der Waals surface area contributed by atoms with Crippen LogP contribution in [0.15, 0.2) is 0 Å². The molecular formula is C11H24N2. The zero-order chi connectivity index (χ0) is 9.68. The third kappa shape index (κ3) is 4.10. The lowest BCUT2D eigenvalue weighted by Gasteiger charge is -2.31. The summed E-state index contributed by atoms with van der Waals surface area (Å²) in [6.07, 6.45) is 5.31. The summed E-state index contributed by atoms with van der Waals surface area (Å²) in [5, 5.41) is 0. The molecule has 1 atom stereocenters. The topological polar surface area (TPSA) is 29.3 Å². The van der Waals surface area contributed by atoms with Crippen LogP contribution in [0.25, 0.3) is 0 Å². The van der Waals surface area contributed by atoms with E-state index in [2.05, 4.69) is 18.7 Å². The number of piperidine rings is 1. The molecule has 0 aromatic carbocycles. The van der Waals surface area contributed by atoms with Crippen LogP contribution in [0.3, 0.4) is 0 Å². The van der Waals surface area contributed by atoms with Crippen molar-refractivity contribution in [1.82, 2.24) is 4.90 Å². The van der Waals surface area contributed by atoms with Gasteiger partial charge in [0.15, 0.2) is 0 Å². The molecule has 0 aromatic heterocycles. The molecule has 0 saturated carbocycles. The van der Waals surface area contributed by atoms with Gasteiger partial charge in [-0.15, -0.1) is 0 Å². The molecule has 1 saturated heterocycles. The lowest BCUT2D eigenvalue weighted by Crippen LogP contribution is -2.36. The maximum absolute atomic E-state index is 5.74. The van der Waals surface area contributed by atoms with Crippen LogP contribution in [-0.2, 0) is 0 Å². The van der Waals surface area contributed by atoms with Crippen molar-refractivity contribution in [2.45, 2.75) is 45.6 Å². The van der Waals surface area contributed by atoms with Crippen molar-refractivity contribution in [3.05, 3.63) is 0 Å². The summed E-state index contributed by atoms with van der Waals surface area (Å²) in [4.78, 5) is 2.56. The van der Waals surface area contributed by atoms with E-state index in [0.717, 1.165) is 12.3 Å². The third-order valence-electron chi connectivity index (χ3n) is 3.19. The lowest BCUT2D eigenvalue weighted by atomic mass is 9.94. The highest BCUT2D eigenvalue weighted by atomic mass is 15.1. The van der Waals surface area contributed by atoms with Gasteiger partial charge in [-0.25, -0.2) is 0 Å². The molecular weight excluding hydrogens is 160 g/mol. The fourth-order valence-corrected chi connectivity index (χ4v) is 2.00. The van der Waals surface area contributed by atoms with Crippen LogP contribution in [-0.4, -0.2) is 30.6 Å². The van der Waals surface area contributed by atoms with Gasteiger partial charge in [-0.05, 0) is 51.7 Å². The Balaban J connectivity index is 2.10. The predicted molar refractivity (Wildman–Crippen MR) is 57.7 cm³/mol. The quantitative estimate of drug-likeness (QED) is 0.722. The van der Waals surface area contributed by atoms with Gasteiger partial charge in [-0.1, -0.05) is 13.3 Å². The van der Waals surface area contributed by atoms with Crippen molar-refractivity contribution in [3.8, 4) is 0 Å². The lowest BCUT2D eigenvalue weighted by molar-refractivity contribution is 0.178. The first-order valence-electron chi connectivity index (χ1n) is 5.70. The van der Waals surface area contributed by atoms with Crippen LogP contribution in [0.4, 0.5) is 0 Å². The summed E-state index contributed by atoms with van der Waals surface area (Å²) in [6.45, 7) is 8.20. The van der Waals surface area contributed by atoms with E-state index in [1.807, 2.05) is 0 Å². The number of hydrogen-bond donors (Lipinski definition) is 1. The van der Waals surface area contributed by atoms with Gasteiger partial charge < -0.3 is 10.6 Å². The smallest absolute Gasteiger partial charge is 0.00226 e. The molecule has 0 aromatic rings. The van der Waals surface area contributed by atoms with E-state index in [1.54, 1.807) is 0 Å². The normalized spacial score (nSPS) is 23.3. The first-order valence-corrected chi connectivity index (χ1v) is 5.70. The number of likely N-dealkylation sites (tertiary alicyclic amines) is 1. The monoisotopic (exact) mass is 184 g/mol. The highest BCUT2D eigenvalue weighted by Gasteiger charge is 2.17. The second-order valence-corrected chi connectivity index (χ2v) is 4.46. The van der Waals surface area contributed by atoms with Crippen LogP contribution in [0.1, 0.15) is 39.5 Å². The number of nitrogens with two attached hydrogens (primary N) is 1. The zero-order valence-electron chi connectivity index (χ0n) is 9.13. The summed E-state index contributed by atoms with van der Waals surface area (Å²) < 4.78 is 0. The van der Waals surface area contributed by atoms with Crippen molar-refractivity contribution in [3.63, 3.8) is 0 Å². The average Bonchev–Trinajstić information content (AvgIpc) is 2.15. The van der Waals surface area contributed by atoms with E-state index in [0.29, 0.717) is 6.04 Å². The van der Waals surface area contributed by atoms with E-state index in [-0.39, 0.29) is 0 Å². The van der Waals surface area contributed by atoms with Crippen LogP contribution >= 0.6 is 0 Å². The molecule has 2 N–H and O–H groups in total. The van der Waals surface area contributed by atoms with Gasteiger partial charge in [0.25, 0.3) is 0 Å². The SMILES string of the molecule is CCC1CCN(CCC(C)N)CC1. The van der Waals surface area contributed by atoms with E-state index < -0.39 is 0 Å². The standard InChI is InChI=1S/C11H24N2/c1-3-11-5-8-13(9-6-11)7-4-10(2)12/h10-11H,3-9,12H2,1-2H3. The van der Waals surface area contributed by atoms with Crippen LogP contribution < -0.4 is 5.73 Å². The molecule has 1 aliphatic heterocycles. The Morgan fingerprint density at radius 3 is 2.46 bits per heavy atom. The highest BCUT2D eigenvalue weighted by Crippen LogP contribution is 2.19. The fourth-order valence-electron chi connectivity index (χ4n) is 2.00. The summed E-state index contributed by atoms with van der Waals surface area (Å²) in [7, 11) is 0. The molecule has 1 fully saturated rings. The number of hydrogen-bond acceptors (Lipinski definition) is 2. The van der Waals surface area contributed by atoms with E-state index in [9.17, 15) is 0 Å². The van der Waals surface area contributed by atoms with E-state index >= 15 is 0 Å². The second-order valence-electron chi connectivity index (χ2n) is 4.46. The summed E-state index contributed by atoms with van der Waals surface area (Å²) in [6, 6.07) is 0.365. The van der Waals surface area contributed by atoms with E-state index in [1.165, 1.54) is 38.9 Å². The Morgan fingerprint density at radius 1 is 1.38 bits per heavy atom. The minimum atomic E-state index is 0.365. The summed E-state index contributed by atoms with van der Waals surface area (Å²) >= 11 is 0. The minimum Gasteiger partial charge on any atom is -0.328 e. The third-order valence-corrected chi connectivity index (χ3v) is 3.19. The van der Waals surface area contributed by atoms with Crippen molar-refractivity contribution >= 4 is 0 Å². The molecule has 0 spiro atoms. The molecule has 1 aliphatic rings. The molecule has 2 nitrogen and oxygen atoms in total. The predicted octanol–water partition coefficient (Wildman–Crippen LogP) is 1.85. The van der Waals surface area contributed by atoms with E-state index in [4.69, 9.17) is 5.73 Å². The maximum atomic E-state index is 5.74. The highest BCUT2D eigenvalue weighted by molar-refractivity contribution is 4.72. The second kappa shape index (κ2) is 5.61. The molecule has 1 heterocycles. The molecule has 2 heteroatoms. The van der Waals surface area contributed by atoms with Gasteiger partial charge in [0.1, 0.15) is 0 Å². The zero-order valence-corrected chi connectivity index (χ0v) is 9.13. The summed E-state index contributed by atoms with van der Waals surface area (Å²) in [5.41, 5.74) is 5.74. The van der Waals surface area contributed by atoms with Crippen LogP contribution in [0, 0.1) is 5.92 Å². The molecule has 1 unspecified atom stereocenters. The van der Waals surface area contributed by atoms with Gasteiger partial charge in [0.05, 0.1) is 0 Å². The Kier molecular flexibility index (Phi) is 4.74. The van der Waals surface area contributed by atoms with Gasteiger partial charge in [0, 0.05) is 6.04 Å². The summed E-state index contributed by atoms with van der Waals surface area (Å²) in [5.74, 6) is 0.992. The number of rotatable bonds is 4. The maximum Gasteiger partial charge on any atom is 0.00226 e. The largest absolute Gasteiger partial charge is 0.328 e. The van der Waals surface area contributed by atoms with Crippen molar-refractivity contribution in [2.75, 3.05) is 19.6 Å². The fraction of sp³-hybridized carbons (Fsp3) is 1.00. The molecule has 1 rings (SSSR count). The first kappa shape index (κ1) is 11.0. The van der Waals surface area contributed by atoms with Gasteiger partial charge in [-0.3, -0.25) is 0 Å². The van der Waals surface area contributed by atoms with Gasteiger partial charge >= 0.3 is 0 Å². The Labute approximate surface area is 82.5 Å². The molecule has 0 radical (unpaired) electrons. The van der Waals surface area contributed by atoms with Gasteiger partial charge in [-0.2, -0.15) is 0 Å². The Morgan fingerprint density at radius 2 is 2.00 bits per heavy atom. The molecule has 0 amide bonds.